The van der Waals surface area contributed by atoms with Crippen molar-refractivity contribution in [3.8, 4) is 0 Å². The molecule has 2 aliphatic rings. The van der Waals surface area contributed by atoms with Crippen LogP contribution in [0.15, 0.2) is 18.2 Å². The predicted octanol–water partition coefficient (Wildman–Crippen LogP) is 4.18. The second kappa shape index (κ2) is 7.82. The van der Waals surface area contributed by atoms with E-state index >= 15 is 0 Å². The Morgan fingerprint density at radius 1 is 1.08 bits per heavy atom. The molecule has 24 heavy (non-hydrogen) atoms. The number of aliphatic carboxylic acids is 1. The summed E-state index contributed by atoms with van der Waals surface area (Å²) in [6.45, 7) is 0. The van der Waals surface area contributed by atoms with Crippen LogP contribution in [0.4, 0.5) is 5.69 Å². The van der Waals surface area contributed by atoms with Crippen LogP contribution in [0.3, 0.4) is 0 Å². The van der Waals surface area contributed by atoms with E-state index in [9.17, 15) is 14.7 Å². The van der Waals surface area contributed by atoms with Crippen molar-refractivity contribution in [3.05, 3.63) is 29.3 Å². The molecule has 0 saturated heterocycles. The van der Waals surface area contributed by atoms with Gasteiger partial charge < -0.3 is 10.4 Å². The number of hydrogen-bond acceptors (Lipinski definition) is 2. The van der Waals surface area contributed by atoms with E-state index in [1.165, 1.54) is 24.0 Å². The molecule has 1 aromatic carbocycles. The molecule has 130 valence electrons. The normalized spacial score (nSPS) is 19.3. The predicted molar refractivity (Wildman–Crippen MR) is 94.0 cm³/mol. The van der Waals surface area contributed by atoms with Crippen LogP contribution in [0.5, 0.6) is 0 Å². The van der Waals surface area contributed by atoms with Gasteiger partial charge in [0.1, 0.15) is 5.92 Å². The molecule has 0 heterocycles. The number of benzene rings is 1. The summed E-state index contributed by atoms with van der Waals surface area (Å²) in [7, 11) is 0. The second-order valence-electron chi connectivity index (χ2n) is 7.27. The Bertz CT molecular complexity index is 605. The average Bonchev–Trinajstić information content (AvgIpc) is 2.60. The van der Waals surface area contributed by atoms with Crippen molar-refractivity contribution >= 4 is 17.6 Å². The van der Waals surface area contributed by atoms with Gasteiger partial charge in [-0.2, -0.15) is 0 Å². The molecule has 2 aliphatic carbocycles. The molecule has 3 rings (SSSR count). The van der Waals surface area contributed by atoms with E-state index < -0.39 is 11.9 Å². The second-order valence-corrected chi connectivity index (χ2v) is 7.27. The summed E-state index contributed by atoms with van der Waals surface area (Å²) >= 11 is 0. The number of carbonyl (C=O) groups excluding carboxylic acids is 1. The minimum atomic E-state index is -0.997. The fraction of sp³-hybridized carbons (Fsp3) is 0.600. The first-order valence-electron chi connectivity index (χ1n) is 9.29. The fourth-order valence-corrected chi connectivity index (χ4v) is 4.19. The molecule has 0 bridgehead atoms. The number of carbonyl (C=O) groups is 2. The monoisotopic (exact) mass is 329 g/mol. The number of carboxylic acid groups (broad SMARTS) is 1. The number of hydrogen-bond donors (Lipinski definition) is 2. The van der Waals surface area contributed by atoms with Crippen molar-refractivity contribution in [2.24, 2.45) is 11.8 Å². The highest BCUT2D eigenvalue weighted by atomic mass is 16.4. The summed E-state index contributed by atoms with van der Waals surface area (Å²) in [5.74, 6) is -1.92. The smallest absolute Gasteiger partial charge is 0.316 e. The van der Waals surface area contributed by atoms with E-state index in [2.05, 4.69) is 11.4 Å². The van der Waals surface area contributed by atoms with Crippen LogP contribution in [0.2, 0.25) is 0 Å². The van der Waals surface area contributed by atoms with E-state index in [-0.39, 0.29) is 5.91 Å². The Labute approximate surface area is 143 Å². The largest absolute Gasteiger partial charge is 0.481 e. The maximum absolute atomic E-state index is 12.6. The highest BCUT2D eigenvalue weighted by Crippen LogP contribution is 2.31. The summed E-state index contributed by atoms with van der Waals surface area (Å²) in [5.41, 5.74) is 3.30. The maximum Gasteiger partial charge on any atom is 0.316 e. The first-order chi connectivity index (χ1) is 11.6. The maximum atomic E-state index is 12.6. The summed E-state index contributed by atoms with van der Waals surface area (Å²) in [4.78, 5) is 24.3. The Morgan fingerprint density at radius 3 is 2.58 bits per heavy atom. The van der Waals surface area contributed by atoms with Gasteiger partial charge in [0.15, 0.2) is 0 Å². The van der Waals surface area contributed by atoms with E-state index in [0.29, 0.717) is 12.3 Å². The third-order valence-electron chi connectivity index (χ3n) is 5.56. The van der Waals surface area contributed by atoms with Crippen molar-refractivity contribution in [2.75, 3.05) is 5.32 Å². The molecule has 1 atom stereocenters. The van der Waals surface area contributed by atoms with E-state index in [0.717, 1.165) is 50.6 Å². The Kier molecular flexibility index (Phi) is 5.54. The molecule has 0 aromatic heterocycles. The molecule has 1 unspecified atom stereocenters. The van der Waals surface area contributed by atoms with Crippen molar-refractivity contribution in [2.45, 2.75) is 64.2 Å². The molecule has 0 aliphatic heterocycles. The minimum Gasteiger partial charge on any atom is -0.481 e. The van der Waals surface area contributed by atoms with Gasteiger partial charge in [-0.05, 0) is 55.2 Å². The molecule has 1 amide bonds. The van der Waals surface area contributed by atoms with Gasteiger partial charge in [0.05, 0.1) is 0 Å². The van der Waals surface area contributed by atoms with Gasteiger partial charge >= 0.3 is 5.97 Å². The first kappa shape index (κ1) is 17.0. The highest BCUT2D eigenvalue weighted by Gasteiger charge is 2.30. The van der Waals surface area contributed by atoms with Gasteiger partial charge in [0, 0.05) is 5.69 Å². The molecular weight excluding hydrogens is 302 g/mol. The number of aryl methyl sites for hydroxylation is 1. The van der Waals surface area contributed by atoms with Crippen molar-refractivity contribution in [1.29, 1.82) is 0 Å². The number of carboxylic acids is 1. The van der Waals surface area contributed by atoms with Crippen molar-refractivity contribution in [1.82, 2.24) is 0 Å². The van der Waals surface area contributed by atoms with Gasteiger partial charge in [-0.15, -0.1) is 0 Å². The van der Waals surface area contributed by atoms with Gasteiger partial charge in [0.2, 0.25) is 5.91 Å². The molecule has 1 aromatic rings. The SMILES string of the molecule is O=C(O)C(CC1CCCCC1)C(=O)Nc1cccc2c1CCCC2. The first-order valence-corrected chi connectivity index (χ1v) is 9.29. The van der Waals surface area contributed by atoms with Gasteiger partial charge in [0.25, 0.3) is 0 Å². The molecule has 0 radical (unpaired) electrons. The average molecular weight is 329 g/mol. The number of rotatable bonds is 5. The quantitative estimate of drug-likeness (QED) is 0.797. The molecule has 1 fully saturated rings. The molecule has 0 spiro atoms. The van der Waals surface area contributed by atoms with E-state index in [1.807, 2.05) is 12.1 Å². The lowest BCUT2D eigenvalue weighted by atomic mass is 9.82. The minimum absolute atomic E-state index is 0.355. The molecule has 2 N–H and O–H groups in total. The summed E-state index contributed by atoms with van der Waals surface area (Å²) in [6.07, 6.45) is 10.4. The number of fused-ring (bicyclic) bond motifs is 1. The standard InChI is InChI=1S/C20H27NO3/c22-19(17(20(23)24)13-14-7-2-1-3-8-14)21-18-12-6-10-15-9-4-5-11-16(15)18/h6,10,12,14,17H,1-5,7-9,11,13H2,(H,21,22)(H,23,24). The van der Waals surface area contributed by atoms with Crippen LogP contribution >= 0.6 is 0 Å². The number of anilines is 1. The van der Waals surface area contributed by atoms with Crippen molar-refractivity contribution in [3.63, 3.8) is 0 Å². The molecular formula is C20H27NO3. The zero-order valence-corrected chi connectivity index (χ0v) is 14.2. The topological polar surface area (TPSA) is 66.4 Å². The fourth-order valence-electron chi connectivity index (χ4n) is 4.19. The van der Waals surface area contributed by atoms with Crippen LogP contribution in [-0.4, -0.2) is 17.0 Å². The highest BCUT2D eigenvalue weighted by molar-refractivity contribution is 6.04. The van der Waals surface area contributed by atoms with Gasteiger partial charge in [-0.25, -0.2) is 0 Å². The van der Waals surface area contributed by atoms with Gasteiger partial charge in [-0.3, -0.25) is 9.59 Å². The number of nitrogens with one attached hydrogen (secondary N) is 1. The lowest BCUT2D eigenvalue weighted by Crippen LogP contribution is -2.32. The Morgan fingerprint density at radius 2 is 1.83 bits per heavy atom. The Hall–Kier alpha value is -1.84. The van der Waals surface area contributed by atoms with Crippen LogP contribution in [0.25, 0.3) is 0 Å². The van der Waals surface area contributed by atoms with Crippen molar-refractivity contribution < 1.29 is 14.7 Å². The third-order valence-corrected chi connectivity index (χ3v) is 5.56. The lowest BCUT2D eigenvalue weighted by Gasteiger charge is -2.25. The number of amides is 1. The van der Waals surface area contributed by atoms with Crippen LogP contribution in [0.1, 0.15) is 62.5 Å². The van der Waals surface area contributed by atoms with Crippen LogP contribution in [-0.2, 0) is 22.4 Å². The summed E-state index contributed by atoms with van der Waals surface area (Å²) in [5, 5.41) is 12.5. The lowest BCUT2D eigenvalue weighted by molar-refractivity contribution is -0.146. The molecule has 4 nitrogen and oxygen atoms in total. The summed E-state index contributed by atoms with van der Waals surface area (Å²) < 4.78 is 0. The Balaban J connectivity index is 1.70. The van der Waals surface area contributed by atoms with E-state index in [4.69, 9.17) is 0 Å². The van der Waals surface area contributed by atoms with Crippen LogP contribution in [0, 0.1) is 11.8 Å². The summed E-state index contributed by atoms with van der Waals surface area (Å²) in [6, 6.07) is 5.97. The zero-order chi connectivity index (χ0) is 16.9. The molecule has 1 saturated carbocycles. The third kappa shape index (κ3) is 3.97. The van der Waals surface area contributed by atoms with Crippen LogP contribution < -0.4 is 5.32 Å². The zero-order valence-electron chi connectivity index (χ0n) is 14.2. The molecule has 4 heteroatoms. The van der Waals surface area contributed by atoms with Gasteiger partial charge in [-0.1, -0.05) is 44.2 Å². The van der Waals surface area contributed by atoms with E-state index in [1.54, 1.807) is 0 Å².